The molecule has 0 aliphatic carbocycles. The minimum absolute atomic E-state index is 0.0590. The molecule has 6 heteroatoms. The first-order valence-electron chi connectivity index (χ1n) is 8.26. The second kappa shape index (κ2) is 7.31. The van der Waals surface area contributed by atoms with E-state index in [-0.39, 0.29) is 17.8 Å². The average Bonchev–Trinajstić information content (AvgIpc) is 3.07. The van der Waals surface area contributed by atoms with Crippen molar-refractivity contribution in [3.05, 3.63) is 58.9 Å². The van der Waals surface area contributed by atoms with Gasteiger partial charge in [0.15, 0.2) is 0 Å². The van der Waals surface area contributed by atoms with E-state index in [9.17, 15) is 9.18 Å². The molecule has 1 heterocycles. The lowest BCUT2D eigenvalue weighted by atomic mass is 10.1. The highest BCUT2D eigenvalue weighted by atomic mass is 35.5. The van der Waals surface area contributed by atoms with E-state index in [1.54, 1.807) is 31.2 Å². The van der Waals surface area contributed by atoms with Crippen LogP contribution in [-0.4, -0.2) is 29.9 Å². The highest BCUT2D eigenvalue weighted by Crippen LogP contribution is 2.30. The number of nitrogens with zero attached hydrogens (tertiary/aromatic N) is 2. The van der Waals surface area contributed by atoms with E-state index in [2.05, 4.69) is 4.90 Å². The highest BCUT2D eigenvalue weighted by molar-refractivity contribution is 6.33. The van der Waals surface area contributed by atoms with E-state index in [4.69, 9.17) is 17.3 Å². The molecule has 1 aliphatic rings. The van der Waals surface area contributed by atoms with Gasteiger partial charge in [-0.25, -0.2) is 4.39 Å². The van der Waals surface area contributed by atoms with Gasteiger partial charge in [-0.15, -0.1) is 0 Å². The summed E-state index contributed by atoms with van der Waals surface area (Å²) in [7, 11) is 0. The summed E-state index contributed by atoms with van der Waals surface area (Å²) < 4.78 is 14.2. The number of carbonyl (C=O) groups excluding carboxylic acids is 1. The molecule has 1 atom stereocenters. The van der Waals surface area contributed by atoms with Crippen LogP contribution in [0.1, 0.15) is 18.9 Å². The second-order valence-electron chi connectivity index (χ2n) is 6.33. The molecule has 1 amide bonds. The zero-order valence-corrected chi connectivity index (χ0v) is 14.8. The molecular weight excluding hydrogens is 341 g/mol. The predicted octanol–water partition coefficient (Wildman–Crippen LogP) is 3.69. The van der Waals surface area contributed by atoms with E-state index in [0.717, 1.165) is 12.1 Å². The molecule has 0 radical (unpaired) electrons. The van der Waals surface area contributed by atoms with Crippen LogP contribution in [0.3, 0.4) is 0 Å². The van der Waals surface area contributed by atoms with Crippen molar-refractivity contribution in [2.45, 2.75) is 25.9 Å². The predicted molar refractivity (Wildman–Crippen MR) is 99.1 cm³/mol. The highest BCUT2D eigenvalue weighted by Gasteiger charge is 2.30. The van der Waals surface area contributed by atoms with Crippen molar-refractivity contribution in [3.8, 4) is 0 Å². The molecule has 2 aromatic carbocycles. The van der Waals surface area contributed by atoms with Gasteiger partial charge >= 0.3 is 0 Å². The van der Waals surface area contributed by atoms with Gasteiger partial charge in [-0.2, -0.15) is 0 Å². The first kappa shape index (κ1) is 17.5. The number of carbonyl (C=O) groups is 1. The summed E-state index contributed by atoms with van der Waals surface area (Å²) in [5.41, 5.74) is 7.81. The summed E-state index contributed by atoms with van der Waals surface area (Å²) in [6, 6.07) is 12.3. The third kappa shape index (κ3) is 3.87. The molecule has 0 bridgehead atoms. The first-order valence-corrected chi connectivity index (χ1v) is 8.64. The van der Waals surface area contributed by atoms with Crippen LogP contribution in [0.4, 0.5) is 15.8 Å². The summed E-state index contributed by atoms with van der Waals surface area (Å²) in [6.45, 7) is 3.30. The Morgan fingerprint density at radius 3 is 2.76 bits per heavy atom. The standard InChI is InChI=1S/C19H21ClFN3O/c1-13(25)23-9-8-16(12-23)24(11-14-4-2-3-5-18(14)21)15-6-7-19(22)17(20)10-15/h2-7,10,16H,8-9,11-12,22H2,1H3/t16-/m0/s1. The molecular formula is C19H21ClFN3O. The summed E-state index contributed by atoms with van der Waals surface area (Å²) in [5.74, 6) is -0.181. The molecule has 3 rings (SSSR count). The molecule has 4 nitrogen and oxygen atoms in total. The third-order valence-corrected chi connectivity index (χ3v) is 4.99. The number of anilines is 2. The number of likely N-dealkylation sites (tertiary alicyclic amines) is 1. The molecule has 2 aromatic rings. The van der Waals surface area contributed by atoms with Crippen molar-refractivity contribution >= 4 is 28.9 Å². The lowest BCUT2D eigenvalue weighted by molar-refractivity contribution is -0.127. The fourth-order valence-electron chi connectivity index (χ4n) is 3.22. The Morgan fingerprint density at radius 1 is 1.36 bits per heavy atom. The molecule has 25 heavy (non-hydrogen) atoms. The monoisotopic (exact) mass is 361 g/mol. The summed E-state index contributed by atoms with van der Waals surface area (Å²) in [4.78, 5) is 15.6. The molecule has 0 saturated carbocycles. The zero-order chi connectivity index (χ0) is 18.0. The van der Waals surface area contributed by atoms with Gasteiger partial charge in [0.05, 0.1) is 10.7 Å². The van der Waals surface area contributed by atoms with Crippen LogP contribution in [-0.2, 0) is 11.3 Å². The smallest absolute Gasteiger partial charge is 0.219 e. The molecule has 2 N–H and O–H groups in total. The largest absolute Gasteiger partial charge is 0.398 e. The zero-order valence-electron chi connectivity index (χ0n) is 14.1. The number of nitrogen functional groups attached to an aromatic ring is 1. The fraction of sp³-hybridized carbons (Fsp3) is 0.316. The Bertz CT molecular complexity index is 783. The molecule has 132 valence electrons. The lowest BCUT2D eigenvalue weighted by Gasteiger charge is -2.32. The maximum atomic E-state index is 14.2. The average molecular weight is 362 g/mol. The van der Waals surface area contributed by atoms with Gasteiger partial charge in [-0.1, -0.05) is 29.8 Å². The first-order chi connectivity index (χ1) is 12.0. The number of hydrogen-bond acceptors (Lipinski definition) is 3. The van der Waals surface area contributed by atoms with Gasteiger partial charge < -0.3 is 15.5 Å². The Labute approximate surface area is 152 Å². The van der Waals surface area contributed by atoms with E-state index in [1.807, 2.05) is 17.0 Å². The van der Waals surface area contributed by atoms with Crippen LogP contribution in [0.2, 0.25) is 5.02 Å². The van der Waals surface area contributed by atoms with Crippen molar-refractivity contribution in [1.29, 1.82) is 0 Å². The SMILES string of the molecule is CC(=O)N1CC[C@H](N(Cc2ccccc2F)c2ccc(N)c(Cl)c2)C1. The van der Waals surface area contributed by atoms with Crippen molar-refractivity contribution in [2.75, 3.05) is 23.7 Å². The molecule has 1 fully saturated rings. The van der Waals surface area contributed by atoms with Gasteiger partial charge in [-0.3, -0.25) is 4.79 Å². The van der Waals surface area contributed by atoms with Gasteiger partial charge in [0.1, 0.15) is 5.82 Å². The van der Waals surface area contributed by atoms with Gasteiger partial charge in [0.2, 0.25) is 5.91 Å². The maximum absolute atomic E-state index is 14.2. The van der Waals surface area contributed by atoms with Gasteiger partial charge in [0, 0.05) is 43.9 Å². The fourth-order valence-corrected chi connectivity index (χ4v) is 3.39. The minimum atomic E-state index is -0.240. The number of nitrogens with two attached hydrogens (primary N) is 1. The number of hydrogen-bond donors (Lipinski definition) is 1. The van der Waals surface area contributed by atoms with Gasteiger partial charge in [-0.05, 0) is 30.7 Å². The molecule has 0 spiro atoms. The number of rotatable bonds is 4. The van der Waals surface area contributed by atoms with Crippen LogP contribution in [0, 0.1) is 5.82 Å². The Hall–Kier alpha value is -2.27. The molecule has 0 aromatic heterocycles. The van der Waals surface area contributed by atoms with Crippen LogP contribution >= 0.6 is 11.6 Å². The quantitative estimate of drug-likeness (QED) is 0.845. The Kier molecular flexibility index (Phi) is 5.13. The van der Waals surface area contributed by atoms with E-state index in [0.29, 0.717) is 35.9 Å². The molecule has 1 saturated heterocycles. The normalized spacial score (nSPS) is 16.9. The van der Waals surface area contributed by atoms with Gasteiger partial charge in [0.25, 0.3) is 0 Å². The van der Waals surface area contributed by atoms with Crippen LogP contribution in [0.5, 0.6) is 0 Å². The lowest BCUT2D eigenvalue weighted by Crippen LogP contribution is -2.38. The summed E-state index contributed by atoms with van der Waals surface area (Å²) in [6.07, 6.45) is 0.829. The van der Waals surface area contributed by atoms with Crippen LogP contribution in [0.25, 0.3) is 0 Å². The molecule has 0 unspecified atom stereocenters. The Balaban J connectivity index is 1.92. The number of amides is 1. The number of benzene rings is 2. The van der Waals surface area contributed by atoms with E-state index >= 15 is 0 Å². The second-order valence-corrected chi connectivity index (χ2v) is 6.74. The maximum Gasteiger partial charge on any atom is 0.219 e. The van der Waals surface area contributed by atoms with Crippen molar-refractivity contribution in [1.82, 2.24) is 4.90 Å². The van der Waals surface area contributed by atoms with Crippen molar-refractivity contribution in [3.63, 3.8) is 0 Å². The summed E-state index contributed by atoms with van der Waals surface area (Å²) in [5, 5.41) is 0.470. The van der Waals surface area contributed by atoms with Crippen molar-refractivity contribution in [2.24, 2.45) is 0 Å². The van der Waals surface area contributed by atoms with Crippen molar-refractivity contribution < 1.29 is 9.18 Å². The minimum Gasteiger partial charge on any atom is -0.398 e. The Morgan fingerprint density at radius 2 is 2.12 bits per heavy atom. The van der Waals surface area contributed by atoms with Crippen LogP contribution < -0.4 is 10.6 Å². The van der Waals surface area contributed by atoms with E-state index in [1.165, 1.54) is 6.07 Å². The number of halogens is 2. The molecule has 1 aliphatic heterocycles. The van der Waals surface area contributed by atoms with E-state index < -0.39 is 0 Å². The third-order valence-electron chi connectivity index (χ3n) is 4.66. The summed E-state index contributed by atoms with van der Waals surface area (Å²) >= 11 is 6.19. The topological polar surface area (TPSA) is 49.6 Å². The van der Waals surface area contributed by atoms with Crippen LogP contribution in [0.15, 0.2) is 42.5 Å².